The Morgan fingerprint density at radius 3 is 2.39 bits per heavy atom. The molecular weight excluding hydrogens is 412 g/mol. The summed E-state index contributed by atoms with van der Waals surface area (Å²) in [7, 11) is 0. The summed E-state index contributed by atoms with van der Waals surface area (Å²) in [5, 5.41) is 13.2. The van der Waals surface area contributed by atoms with Gasteiger partial charge < -0.3 is 15.2 Å². The molecule has 1 atom stereocenters. The Labute approximate surface area is 193 Å². The Hall–Kier alpha value is -4.12. The van der Waals surface area contributed by atoms with E-state index < -0.39 is 11.9 Å². The van der Waals surface area contributed by atoms with Gasteiger partial charge in [-0.25, -0.2) is 4.79 Å². The van der Waals surface area contributed by atoms with Crippen LogP contribution < -0.4 is 10.1 Å². The van der Waals surface area contributed by atoms with Gasteiger partial charge in [-0.3, -0.25) is 4.98 Å². The minimum Gasteiger partial charge on any atom is -0.490 e. The molecule has 5 nitrogen and oxygen atoms in total. The molecule has 0 aliphatic carbocycles. The average Bonchev–Trinajstić information content (AvgIpc) is 2.83. The predicted octanol–water partition coefficient (Wildman–Crippen LogP) is 5.65. The van der Waals surface area contributed by atoms with Crippen molar-refractivity contribution < 1.29 is 14.6 Å². The summed E-state index contributed by atoms with van der Waals surface area (Å²) in [5.41, 5.74) is 5.46. The molecule has 0 saturated carbocycles. The van der Waals surface area contributed by atoms with Gasteiger partial charge in [0.25, 0.3) is 0 Å². The van der Waals surface area contributed by atoms with Gasteiger partial charge in [0.15, 0.2) is 0 Å². The van der Waals surface area contributed by atoms with Crippen LogP contribution in [-0.2, 0) is 4.79 Å². The van der Waals surface area contributed by atoms with Crippen LogP contribution in [0, 0.1) is 0 Å². The van der Waals surface area contributed by atoms with E-state index in [4.69, 9.17) is 4.74 Å². The van der Waals surface area contributed by atoms with Gasteiger partial charge in [-0.05, 0) is 55.3 Å². The molecule has 0 amide bonds. The predicted molar refractivity (Wildman–Crippen MR) is 130 cm³/mol. The van der Waals surface area contributed by atoms with Crippen molar-refractivity contribution in [1.82, 2.24) is 10.3 Å². The number of carboxylic acids is 1. The fraction of sp³-hybridized carbons (Fsp3) is 0.143. The quantitative estimate of drug-likeness (QED) is 0.499. The first kappa shape index (κ1) is 22.1. The molecule has 2 heterocycles. The van der Waals surface area contributed by atoms with Crippen LogP contribution >= 0.6 is 0 Å². The van der Waals surface area contributed by atoms with Crippen molar-refractivity contribution in [2.45, 2.75) is 19.8 Å². The van der Waals surface area contributed by atoms with Gasteiger partial charge in [0.1, 0.15) is 12.4 Å². The molecule has 2 aromatic carbocycles. The van der Waals surface area contributed by atoms with Crippen molar-refractivity contribution >= 4 is 17.6 Å². The number of dihydropyridines is 1. The number of ether oxygens (including phenoxy) is 1. The summed E-state index contributed by atoms with van der Waals surface area (Å²) in [6.45, 7) is 4.20. The number of hydrogen-bond acceptors (Lipinski definition) is 4. The highest BCUT2D eigenvalue weighted by molar-refractivity contribution is 5.96. The van der Waals surface area contributed by atoms with Crippen LogP contribution in [-0.4, -0.2) is 22.7 Å². The van der Waals surface area contributed by atoms with E-state index in [0.29, 0.717) is 17.9 Å². The minimum absolute atomic E-state index is 0.320. The smallest absolute Gasteiger partial charge is 0.334 e. The van der Waals surface area contributed by atoms with E-state index in [0.717, 1.165) is 33.8 Å². The van der Waals surface area contributed by atoms with E-state index in [9.17, 15) is 9.90 Å². The van der Waals surface area contributed by atoms with Crippen LogP contribution in [0.1, 0.15) is 36.6 Å². The largest absolute Gasteiger partial charge is 0.490 e. The second-order valence-electron chi connectivity index (χ2n) is 7.85. The summed E-state index contributed by atoms with van der Waals surface area (Å²) < 4.78 is 5.85. The zero-order valence-electron chi connectivity index (χ0n) is 18.7. The molecule has 0 fully saturated rings. The lowest BCUT2D eigenvalue weighted by Crippen LogP contribution is -2.27. The van der Waals surface area contributed by atoms with E-state index >= 15 is 0 Å². The Kier molecular flexibility index (Phi) is 6.69. The Bertz CT molecular complexity index is 1210. The topological polar surface area (TPSA) is 71.5 Å². The number of allylic oxidation sites excluding steroid dienone is 3. The third-order valence-electron chi connectivity index (χ3n) is 5.60. The van der Waals surface area contributed by atoms with Crippen LogP contribution in [0.5, 0.6) is 5.75 Å². The van der Waals surface area contributed by atoms with Crippen LogP contribution in [0.25, 0.3) is 11.6 Å². The summed E-state index contributed by atoms with van der Waals surface area (Å²) in [5.74, 6) is -0.661. The molecule has 1 aromatic heterocycles. The second-order valence-corrected chi connectivity index (χ2v) is 7.85. The van der Waals surface area contributed by atoms with E-state index in [-0.39, 0.29) is 0 Å². The number of aliphatic carboxylic acids is 1. The lowest BCUT2D eigenvalue weighted by atomic mass is 9.79. The highest BCUT2D eigenvalue weighted by Gasteiger charge is 2.34. The van der Waals surface area contributed by atoms with Crippen molar-refractivity contribution in [1.29, 1.82) is 0 Å². The van der Waals surface area contributed by atoms with Gasteiger partial charge in [-0.1, -0.05) is 54.6 Å². The number of carboxylic acid groups (broad SMARTS) is 1. The number of nitrogens with zero attached hydrogens (tertiary/aromatic N) is 1. The standard InChI is InChI=1S/C28H26N2O3/c1-19-25(24-12-6-7-17-29-24)27(26(28(31)32)20(2)30-19)22-13-15-23(16-14-22)33-18-8-11-21-9-4-3-5-10-21/h3-17,27,30H,18H2,1-2H3,(H,31,32)/b11-8+. The maximum absolute atomic E-state index is 12.2. The number of benzene rings is 2. The number of pyridine rings is 1. The lowest BCUT2D eigenvalue weighted by Gasteiger charge is -2.30. The van der Waals surface area contributed by atoms with Gasteiger partial charge in [-0.2, -0.15) is 0 Å². The maximum Gasteiger partial charge on any atom is 0.334 e. The summed E-state index contributed by atoms with van der Waals surface area (Å²) in [4.78, 5) is 16.7. The Morgan fingerprint density at radius 1 is 1.00 bits per heavy atom. The van der Waals surface area contributed by atoms with Crippen LogP contribution in [0.15, 0.2) is 102 Å². The second kappa shape index (κ2) is 10.0. The zero-order chi connectivity index (χ0) is 23.2. The average molecular weight is 439 g/mol. The Balaban J connectivity index is 1.58. The summed E-state index contributed by atoms with van der Waals surface area (Å²) >= 11 is 0. The molecule has 5 heteroatoms. The third kappa shape index (κ3) is 5.04. The molecule has 2 N–H and O–H groups in total. The van der Waals surface area contributed by atoms with E-state index in [2.05, 4.69) is 10.3 Å². The molecule has 3 aromatic rings. The fourth-order valence-electron chi connectivity index (χ4n) is 4.12. The van der Waals surface area contributed by atoms with Crippen molar-refractivity contribution in [3.8, 4) is 5.75 Å². The highest BCUT2D eigenvalue weighted by atomic mass is 16.5. The molecule has 0 spiro atoms. The molecule has 1 unspecified atom stereocenters. The maximum atomic E-state index is 12.2. The highest BCUT2D eigenvalue weighted by Crippen LogP contribution is 2.43. The number of rotatable bonds is 7. The molecule has 0 saturated heterocycles. The first-order valence-electron chi connectivity index (χ1n) is 10.8. The van der Waals surface area contributed by atoms with Gasteiger partial charge in [0.05, 0.1) is 11.3 Å². The lowest BCUT2D eigenvalue weighted by molar-refractivity contribution is -0.132. The molecule has 0 radical (unpaired) electrons. The molecule has 0 bridgehead atoms. The van der Waals surface area contributed by atoms with Crippen molar-refractivity contribution in [3.63, 3.8) is 0 Å². The summed E-state index contributed by atoms with van der Waals surface area (Å²) in [6, 6.07) is 23.3. The van der Waals surface area contributed by atoms with Gasteiger partial charge in [0.2, 0.25) is 0 Å². The summed E-state index contributed by atoms with van der Waals surface area (Å²) in [6.07, 6.45) is 5.71. The van der Waals surface area contributed by atoms with Crippen LogP contribution in [0.3, 0.4) is 0 Å². The minimum atomic E-state index is -0.947. The Morgan fingerprint density at radius 2 is 1.73 bits per heavy atom. The van der Waals surface area contributed by atoms with Gasteiger partial charge in [0, 0.05) is 29.1 Å². The molecular formula is C28H26N2O3. The van der Waals surface area contributed by atoms with Crippen molar-refractivity contribution in [3.05, 3.63) is 119 Å². The molecule has 4 rings (SSSR count). The normalized spacial score (nSPS) is 16.1. The van der Waals surface area contributed by atoms with Crippen molar-refractivity contribution in [2.24, 2.45) is 0 Å². The van der Waals surface area contributed by atoms with Crippen LogP contribution in [0.2, 0.25) is 0 Å². The third-order valence-corrected chi connectivity index (χ3v) is 5.60. The van der Waals surface area contributed by atoms with E-state index in [1.54, 1.807) is 13.1 Å². The van der Waals surface area contributed by atoms with Gasteiger partial charge >= 0.3 is 5.97 Å². The molecule has 1 aliphatic rings. The number of hydrogen-bond donors (Lipinski definition) is 2. The van der Waals surface area contributed by atoms with Crippen molar-refractivity contribution in [2.75, 3.05) is 6.61 Å². The number of carbonyl (C=O) groups is 1. The number of nitrogens with one attached hydrogen (secondary N) is 1. The zero-order valence-corrected chi connectivity index (χ0v) is 18.7. The fourth-order valence-corrected chi connectivity index (χ4v) is 4.12. The number of aromatic nitrogens is 1. The monoisotopic (exact) mass is 438 g/mol. The molecule has 1 aliphatic heterocycles. The SMILES string of the molecule is CC1=C(C(=O)O)C(c2ccc(OC/C=C/c3ccccc3)cc2)C(c2ccccn2)=C(C)N1. The van der Waals surface area contributed by atoms with Gasteiger partial charge in [-0.15, -0.1) is 0 Å². The molecule has 166 valence electrons. The van der Waals surface area contributed by atoms with E-state index in [1.165, 1.54) is 0 Å². The molecule has 33 heavy (non-hydrogen) atoms. The van der Waals surface area contributed by atoms with Crippen LogP contribution in [0.4, 0.5) is 0 Å². The first-order chi connectivity index (χ1) is 16.0. The van der Waals surface area contributed by atoms with E-state index in [1.807, 2.05) is 91.9 Å². The first-order valence-corrected chi connectivity index (χ1v) is 10.8.